The minimum atomic E-state index is -0.408. The maximum absolute atomic E-state index is 12.4. The molecule has 1 aliphatic rings. The molecule has 0 aromatic heterocycles. The van der Waals surface area contributed by atoms with Crippen LogP contribution in [0, 0.1) is 11.3 Å². The van der Waals surface area contributed by atoms with Crippen LogP contribution in [-0.2, 0) is 11.2 Å². The predicted octanol–water partition coefficient (Wildman–Crippen LogP) is 4.82. The Kier molecular flexibility index (Phi) is 6.15. The van der Waals surface area contributed by atoms with Gasteiger partial charge >= 0.3 is 5.97 Å². The van der Waals surface area contributed by atoms with Crippen molar-refractivity contribution in [3.8, 4) is 23.3 Å². The highest BCUT2D eigenvalue weighted by Crippen LogP contribution is 2.45. The number of rotatable bonds is 5. The quantitative estimate of drug-likeness (QED) is 0.406. The van der Waals surface area contributed by atoms with Gasteiger partial charge < -0.3 is 19.9 Å². The molecule has 0 saturated carbocycles. The van der Waals surface area contributed by atoms with Crippen molar-refractivity contribution in [3.05, 3.63) is 99.3 Å². The molecule has 1 unspecified atom stereocenters. The minimum Gasteiger partial charge on any atom is -0.497 e. The summed E-state index contributed by atoms with van der Waals surface area (Å²) in [5.41, 5.74) is 8.85. The zero-order valence-corrected chi connectivity index (χ0v) is 18.8. The van der Waals surface area contributed by atoms with E-state index in [2.05, 4.69) is 22.0 Å². The molecule has 2 N–H and O–H groups in total. The first kappa shape index (κ1) is 21.5. The fourth-order valence-corrected chi connectivity index (χ4v) is 4.12. The molecule has 3 aromatic carbocycles. The van der Waals surface area contributed by atoms with Gasteiger partial charge in [0.15, 0.2) is 0 Å². The third-order valence-corrected chi connectivity index (χ3v) is 5.87. The van der Waals surface area contributed by atoms with E-state index >= 15 is 0 Å². The number of esters is 1. The Morgan fingerprint density at radius 2 is 1.81 bits per heavy atom. The van der Waals surface area contributed by atoms with E-state index in [1.807, 2.05) is 36.4 Å². The van der Waals surface area contributed by atoms with Crippen LogP contribution in [0.4, 0.5) is 0 Å². The van der Waals surface area contributed by atoms with Gasteiger partial charge in [0.25, 0.3) is 0 Å². The number of hydrogen-bond acceptors (Lipinski definition) is 6. The lowest BCUT2D eigenvalue weighted by atomic mass is 9.83. The lowest BCUT2D eigenvalue weighted by Crippen LogP contribution is -2.21. The van der Waals surface area contributed by atoms with E-state index in [9.17, 15) is 10.1 Å². The number of nitrogens with two attached hydrogens (primary N) is 1. The van der Waals surface area contributed by atoms with Gasteiger partial charge in [0.1, 0.15) is 28.9 Å². The topological polar surface area (TPSA) is 94.6 Å². The summed E-state index contributed by atoms with van der Waals surface area (Å²) in [6, 6.07) is 22.1. The number of benzene rings is 3. The van der Waals surface area contributed by atoms with Crippen molar-refractivity contribution in [1.82, 2.24) is 0 Å². The first-order valence-electron chi connectivity index (χ1n) is 9.79. The summed E-state index contributed by atoms with van der Waals surface area (Å²) in [4.78, 5) is 12.4. The number of methoxy groups -OCH3 is 1. The highest BCUT2D eigenvalue weighted by Gasteiger charge is 2.32. The van der Waals surface area contributed by atoms with Crippen LogP contribution in [0.3, 0.4) is 0 Å². The molecule has 0 fully saturated rings. The zero-order valence-electron chi connectivity index (χ0n) is 17.2. The molecule has 0 bridgehead atoms. The molecule has 0 saturated heterocycles. The van der Waals surface area contributed by atoms with E-state index in [1.54, 1.807) is 37.4 Å². The number of carbonyl (C=O) groups is 1. The molecule has 32 heavy (non-hydrogen) atoms. The standard InChI is InChI=1S/C25H19BrN2O4/c1-30-16-8-6-15(7-9-16)12-23(29)31-17-10-11-19-22(13-17)32-25(28)20(14-27)24(19)18-4-2-3-5-21(18)26/h2-11,13,24H,12,28H2,1H3. The summed E-state index contributed by atoms with van der Waals surface area (Å²) in [5, 5.41) is 9.70. The van der Waals surface area contributed by atoms with Crippen molar-refractivity contribution in [2.75, 3.05) is 7.11 Å². The summed E-state index contributed by atoms with van der Waals surface area (Å²) in [6.45, 7) is 0. The Bertz CT molecular complexity index is 1250. The maximum atomic E-state index is 12.4. The van der Waals surface area contributed by atoms with Crippen LogP contribution in [0.1, 0.15) is 22.6 Å². The van der Waals surface area contributed by atoms with Crippen molar-refractivity contribution >= 4 is 21.9 Å². The van der Waals surface area contributed by atoms with Crippen molar-refractivity contribution < 1.29 is 19.0 Å². The molecule has 0 radical (unpaired) electrons. The molecule has 1 aliphatic heterocycles. The molecule has 0 amide bonds. The second-order valence-electron chi connectivity index (χ2n) is 7.14. The number of hydrogen-bond donors (Lipinski definition) is 1. The average molecular weight is 491 g/mol. The van der Waals surface area contributed by atoms with Gasteiger partial charge in [0.05, 0.1) is 19.4 Å². The molecule has 4 rings (SSSR count). The second kappa shape index (κ2) is 9.16. The Morgan fingerprint density at radius 3 is 2.50 bits per heavy atom. The highest BCUT2D eigenvalue weighted by atomic mass is 79.9. The van der Waals surface area contributed by atoms with Crippen molar-refractivity contribution in [1.29, 1.82) is 5.26 Å². The highest BCUT2D eigenvalue weighted by molar-refractivity contribution is 9.10. The van der Waals surface area contributed by atoms with Gasteiger partial charge in [-0.05, 0) is 35.4 Å². The lowest BCUT2D eigenvalue weighted by Gasteiger charge is -2.27. The summed E-state index contributed by atoms with van der Waals surface area (Å²) in [5.74, 6) is 0.717. The average Bonchev–Trinajstić information content (AvgIpc) is 2.79. The molecule has 7 heteroatoms. The van der Waals surface area contributed by atoms with Gasteiger partial charge in [-0.2, -0.15) is 5.26 Å². The third kappa shape index (κ3) is 4.32. The maximum Gasteiger partial charge on any atom is 0.315 e. The number of halogens is 1. The summed E-state index contributed by atoms with van der Waals surface area (Å²) >= 11 is 3.56. The van der Waals surface area contributed by atoms with Gasteiger partial charge in [-0.3, -0.25) is 4.79 Å². The molecular weight excluding hydrogens is 472 g/mol. The number of allylic oxidation sites excluding steroid dienone is 1. The van der Waals surface area contributed by atoms with E-state index < -0.39 is 11.9 Å². The zero-order chi connectivity index (χ0) is 22.7. The Labute approximate surface area is 194 Å². The molecule has 6 nitrogen and oxygen atoms in total. The number of carbonyl (C=O) groups excluding carboxylic acids is 1. The van der Waals surface area contributed by atoms with E-state index in [4.69, 9.17) is 19.9 Å². The van der Waals surface area contributed by atoms with E-state index in [0.717, 1.165) is 26.9 Å². The summed E-state index contributed by atoms with van der Waals surface area (Å²) < 4.78 is 17.2. The first-order chi connectivity index (χ1) is 15.5. The Balaban J connectivity index is 1.59. The van der Waals surface area contributed by atoms with Crippen molar-refractivity contribution in [2.45, 2.75) is 12.3 Å². The molecule has 0 aliphatic carbocycles. The number of fused-ring (bicyclic) bond motifs is 1. The van der Waals surface area contributed by atoms with Crippen LogP contribution in [-0.4, -0.2) is 13.1 Å². The first-order valence-corrected chi connectivity index (χ1v) is 10.6. The number of nitrogens with zero attached hydrogens (tertiary/aromatic N) is 1. The van der Waals surface area contributed by atoms with Crippen molar-refractivity contribution in [3.63, 3.8) is 0 Å². The lowest BCUT2D eigenvalue weighted by molar-refractivity contribution is -0.133. The van der Waals surface area contributed by atoms with E-state index in [0.29, 0.717) is 17.1 Å². The van der Waals surface area contributed by atoms with Gasteiger partial charge in [0, 0.05) is 16.1 Å². The Morgan fingerprint density at radius 1 is 1.09 bits per heavy atom. The molecule has 160 valence electrons. The van der Waals surface area contributed by atoms with Crippen LogP contribution in [0.25, 0.3) is 0 Å². The predicted molar refractivity (Wildman–Crippen MR) is 122 cm³/mol. The second-order valence-corrected chi connectivity index (χ2v) is 8.00. The minimum absolute atomic E-state index is 0.0301. The summed E-state index contributed by atoms with van der Waals surface area (Å²) in [6.07, 6.45) is 0.113. The molecule has 0 spiro atoms. The number of ether oxygens (including phenoxy) is 3. The van der Waals surface area contributed by atoms with Crippen LogP contribution in [0.5, 0.6) is 17.2 Å². The van der Waals surface area contributed by atoms with Crippen molar-refractivity contribution in [2.24, 2.45) is 5.73 Å². The largest absolute Gasteiger partial charge is 0.497 e. The van der Waals surface area contributed by atoms with E-state index in [1.165, 1.54) is 0 Å². The van der Waals surface area contributed by atoms with Gasteiger partial charge in [-0.25, -0.2) is 0 Å². The van der Waals surface area contributed by atoms with E-state index in [-0.39, 0.29) is 12.3 Å². The molecular formula is C25H19BrN2O4. The molecule has 1 heterocycles. The monoisotopic (exact) mass is 490 g/mol. The van der Waals surface area contributed by atoms with Gasteiger partial charge in [-0.15, -0.1) is 0 Å². The molecule has 3 aromatic rings. The van der Waals surface area contributed by atoms with Crippen LogP contribution >= 0.6 is 15.9 Å². The number of nitriles is 1. The van der Waals surface area contributed by atoms with Gasteiger partial charge in [0.2, 0.25) is 5.88 Å². The van der Waals surface area contributed by atoms with Crippen LogP contribution in [0.2, 0.25) is 0 Å². The Hall–Kier alpha value is -3.76. The fourth-order valence-electron chi connectivity index (χ4n) is 3.61. The fraction of sp³-hybridized carbons (Fsp3) is 0.120. The normalized spacial score (nSPS) is 14.7. The molecule has 1 atom stereocenters. The SMILES string of the molecule is COc1ccc(CC(=O)Oc2ccc3c(c2)OC(N)=C(C#N)C3c2ccccc2Br)cc1. The van der Waals surface area contributed by atoms with Gasteiger partial charge in [-0.1, -0.05) is 52.3 Å². The smallest absolute Gasteiger partial charge is 0.315 e. The third-order valence-electron chi connectivity index (χ3n) is 5.15. The van der Waals surface area contributed by atoms with Crippen LogP contribution < -0.4 is 19.9 Å². The summed E-state index contributed by atoms with van der Waals surface area (Å²) in [7, 11) is 1.59. The van der Waals surface area contributed by atoms with Crippen LogP contribution in [0.15, 0.2) is 82.7 Å².